The van der Waals surface area contributed by atoms with E-state index >= 15 is 0 Å². The summed E-state index contributed by atoms with van der Waals surface area (Å²) in [5.41, 5.74) is -0.111. The van der Waals surface area contributed by atoms with Crippen LogP contribution in [0.2, 0.25) is 0 Å². The molecule has 0 spiro atoms. The number of halogens is 2. The van der Waals surface area contributed by atoms with Gasteiger partial charge in [-0.2, -0.15) is 0 Å². The lowest BCUT2D eigenvalue weighted by molar-refractivity contribution is -0.119. The van der Waals surface area contributed by atoms with Gasteiger partial charge in [0.05, 0.1) is 11.7 Å². The molecule has 1 aromatic rings. The number of anilines is 1. The standard InChI is InChI=1S/C13H16F2N2O/c1-8-5-6-16-11(7-8)13(18)17-10-4-2-3-9(14)12(10)15/h2-4,8,11,16H,5-7H2,1H3,(H,17,18). The summed E-state index contributed by atoms with van der Waals surface area (Å²) in [6, 6.07) is 3.40. The Hall–Kier alpha value is -1.49. The summed E-state index contributed by atoms with van der Waals surface area (Å²) >= 11 is 0. The van der Waals surface area contributed by atoms with Crippen molar-refractivity contribution in [2.45, 2.75) is 25.8 Å². The Morgan fingerprint density at radius 2 is 2.22 bits per heavy atom. The van der Waals surface area contributed by atoms with Crippen LogP contribution in [0.15, 0.2) is 18.2 Å². The topological polar surface area (TPSA) is 41.1 Å². The van der Waals surface area contributed by atoms with Crippen LogP contribution in [0.3, 0.4) is 0 Å². The minimum absolute atomic E-state index is 0.111. The van der Waals surface area contributed by atoms with Crippen LogP contribution in [0.25, 0.3) is 0 Å². The molecule has 1 aliphatic rings. The third-order valence-corrected chi connectivity index (χ3v) is 3.19. The summed E-state index contributed by atoms with van der Waals surface area (Å²) in [7, 11) is 0. The normalized spacial score (nSPS) is 23.7. The van der Waals surface area contributed by atoms with Crippen LogP contribution in [0, 0.1) is 17.6 Å². The first-order valence-electron chi connectivity index (χ1n) is 6.06. The van der Waals surface area contributed by atoms with Crippen molar-refractivity contribution in [2.75, 3.05) is 11.9 Å². The van der Waals surface area contributed by atoms with Crippen molar-refractivity contribution in [2.24, 2.45) is 5.92 Å². The van der Waals surface area contributed by atoms with Crippen LogP contribution in [-0.2, 0) is 4.79 Å². The van der Waals surface area contributed by atoms with Gasteiger partial charge in [-0.15, -0.1) is 0 Å². The fraction of sp³-hybridized carbons (Fsp3) is 0.462. The molecule has 0 bridgehead atoms. The third-order valence-electron chi connectivity index (χ3n) is 3.19. The van der Waals surface area contributed by atoms with Crippen molar-refractivity contribution in [3.63, 3.8) is 0 Å². The summed E-state index contributed by atoms with van der Waals surface area (Å²) in [6.45, 7) is 2.84. The van der Waals surface area contributed by atoms with E-state index in [1.54, 1.807) is 0 Å². The lowest BCUT2D eigenvalue weighted by Crippen LogP contribution is -2.45. The molecule has 1 saturated heterocycles. The van der Waals surface area contributed by atoms with E-state index in [-0.39, 0.29) is 17.6 Å². The highest BCUT2D eigenvalue weighted by Gasteiger charge is 2.25. The summed E-state index contributed by atoms with van der Waals surface area (Å²) < 4.78 is 26.4. The first-order valence-corrected chi connectivity index (χ1v) is 6.06. The molecule has 1 heterocycles. The number of amides is 1. The van der Waals surface area contributed by atoms with E-state index in [1.807, 2.05) is 0 Å². The average molecular weight is 254 g/mol. The number of benzene rings is 1. The van der Waals surface area contributed by atoms with Crippen molar-refractivity contribution >= 4 is 11.6 Å². The van der Waals surface area contributed by atoms with Gasteiger partial charge in [-0.3, -0.25) is 4.79 Å². The van der Waals surface area contributed by atoms with Crippen molar-refractivity contribution in [1.29, 1.82) is 0 Å². The van der Waals surface area contributed by atoms with Gasteiger partial charge >= 0.3 is 0 Å². The van der Waals surface area contributed by atoms with Crippen LogP contribution >= 0.6 is 0 Å². The van der Waals surface area contributed by atoms with E-state index in [0.29, 0.717) is 12.3 Å². The summed E-state index contributed by atoms with van der Waals surface area (Å²) in [4.78, 5) is 11.9. The molecule has 2 N–H and O–H groups in total. The van der Waals surface area contributed by atoms with Gasteiger partial charge in [-0.1, -0.05) is 13.0 Å². The van der Waals surface area contributed by atoms with Crippen molar-refractivity contribution in [3.05, 3.63) is 29.8 Å². The Kier molecular flexibility index (Phi) is 3.91. The smallest absolute Gasteiger partial charge is 0.241 e. The van der Waals surface area contributed by atoms with E-state index in [4.69, 9.17) is 0 Å². The van der Waals surface area contributed by atoms with E-state index in [0.717, 1.165) is 19.0 Å². The van der Waals surface area contributed by atoms with Gasteiger partial charge in [0.2, 0.25) is 5.91 Å². The molecule has 1 amide bonds. The molecule has 0 radical (unpaired) electrons. The second kappa shape index (κ2) is 5.44. The molecule has 1 aromatic carbocycles. The van der Waals surface area contributed by atoms with E-state index in [2.05, 4.69) is 17.6 Å². The van der Waals surface area contributed by atoms with Gasteiger partial charge in [-0.05, 0) is 37.4 Å². The van der Waals surface area contributed by atoms with E-state index < -0.39 is 11.6 Å². The molecular formula is C13H16F2N2O. The van der Waals surface area contributed by atoms with Crippen LogP contribution in [0.4, 0.5) is 14.5 Å². The fourth-order valence-electron chi connectivity index (χ4n) is 2.13. The molecule has 2 unspecified atom stereocenters. The number of rotatable bonds is 2. The Balaban J connectivity index is 2.04. The minimum Gasteiger partial charge on any atom is -0.322 e. The van der Waals surface area contributed by atoms with Gasteiger partial charge in [0.1, 0.15) is 0 Å². The maximum Gasteiger partial charge on any atom is 0.241 e. The molecule has 98 valence electrons. The van der Waals surface area contributed by atoms with Gasteiger partial charge in [0, 0.05) is 0 Å². The number of piperidine rings is 1. The van der Waals surface area contributed by atoms with Crippen LogP contribution in [0.1, 0.15) is 19.8 Å². The highest BCUT2D eigenvalue weighted by Crippen LogP contribution is 2.19. The lowest BCUT2D eigenvalue weighted by atomic mass is 9.94. The van der Waals surface area contributed by atoms with E-state index in [1.165, 1.54) is 12.1 Å². The zero-order chi connectivity index (χ0) is 13.1. The lowest BCUT2D eigenvalue weighted by Gasteiger charge is -2.27. The molecule has 18 heavy (non-hydrogen) atoms. The number of carbonyl (C=O) groups excluding carboxylic acids is 1. The average Bonchev–Trinajstić information content (AvgIpc) is 2.35. The first kappa shape index (κ1) is 13.0. The Morgan fingerprint density at radius 3 is 2.94 bits per heavy atom. The zero-order valence-electron chi connectivity index (χ0n) is 10.2. The van der Waals surface area contributed by atoms with Gasteiger partial charge in [0.25, 0.3) is 0 Å². The molecule has 0 aliphatic carbocycles. The van der Waals surface area contributed by atoms with Crippen molar-refractivity contribution in [1.82, 2.24) is 5.32 Å². The van der Waals surface area contributed by atoms with Crippen LogP contribution in [-0.4, -0.2) is 18.5 Å². The molecule has 5 heteroatoms. The van der Waals surface area contributed by atoms with Crippen LogP contribution < -0.4 is 10.6 Å². The largest absolute Gasteiger partial charge is 0.322 e. The maximum absolute atomic E-state index is 13.4. The maximum atomic E-state index is 13.4. The summed E-state index contributed by atoms with van der Waals surface area (Å²) in [5.74, 6) is -1.84. The SMILES string of the molecule is CC1CCNC(C(=O)Nc2cccc(F)c2F)C1. The number of carbonyl (C=O) groups is 1. The first-order chi connectivity index (χ1) is 8.58. The molecule has 2 rings (SSSR count). The van der Waals surface area contributed by atoms with Crippen molar-refractivity contribution < 1.29 is 13.6 Å². The van der Waals surface area contributed by atoms with Gasteiger partial charge in [-0.25, -0.2) is 8.78 Å². The highest BCUT2D eigenvalue weighted by atomic mass is 19.2. The summed E-state index contributed by atoms with van der Waals surface area (Å²) in [6.07, 6.45) is 1.74. The number of hydrogen-bond donors (Lipinski definition) is 2. The second-order valence-corrected chi connectivity index (χ2v) is 4.73. The molecule has 2 atom stereocenters. The Morgan fingerprint density at radius 1 is 1.44 bits per heavy atom. The molecule has 0 saturated carbocycles. The Labute approximate surface area is 105 Å². The molecule has 0 aromatic heterocycles. The monoisotopic (exact) mass is 254 g/mol. The molecule has 1 aliphatic heterocycles. The van der Waals surface area contributed by atoms with Crippen LogP contribution in [0.5, 0.6) is 0 Å². The molecular weight excluding hydrogens is 238 g/mol. The molecule has 3 nitrogen and oxygen atoms in total. The van der Waals surface area contributed by atoms with Gasteiger partial charge in [0.15, 0.2) is 11.6 Å². The Bertz CT molecular complexity index is 451. The minimum atomic E-state index is -1.02. The van der Waals surface area contributed by atoms with Gasteiger partial charge < -0.3 is 10.6 Å². The van der Waals surface area contributed by atoms with Crippen molar-refractivity contribution in [3.8, 4) is 0 Å². The number of hydrogen-bond acceptors (Lipinski definition) is 2. The number of nitrogens with one attached hydrogen (secondary N) is 2. The fourth-order valence-corrected chi connectivity index (χ4v) is 2.13. The zero-order valence-corrected chi connectivity index (χ0v) is 10.2. The predicted octanol–water partition coefficient (Wildman–Crippen LogP) is 2.29. The molecule has 1 fully saturated rings. The highest BCUT2D eigenvalue weighted by molar-refractivity contribution is 5.95. The summed E-state index contributed by atoms with van der Waals surface area (Å²) in [5, 5.41) is 5.50. The second-order valence-electron chi connectivity index (χ2n) is 4.73. The predicted molar refractivity (Wildman–Crippen MR) is 65.2 cm³/mol. The third kappa shape index (κ3) is 2.85. The quantitative estimate of drug-likeness (QED) is 0.850. The van der Waals surface area contributed by atoms with E-state index in [9.17, 15) is 13.6 Å².